The standard InChI is InChI=1S/C15H12FN3S2/c16-12-7-10(17)4-5-14(12)20-8-11-9-21-15(19-11)13-3-1-2-6-18-13/h1-7,9H,8,17H2. The van der Waals surface area contributed by atoms with E-state index in [0.717, 1.165) is 16.4 Å². The minimum absolute atomic E-state index is 0.292. The fraction of sp³-hybridized carbons (Fsp3) is 0.0667. The third-order valence-corrected chi connectivity index (χ3v) is 4.76. The first-order chi connectivity index (χ1) is 10.2. The molecule has 0 aliphatic heterocycles. The quantitative estimate of drug-likeness (QED) is 0.578. The molecule has 0 fully saturated rings. The molecule has 0 amide bonds. The van der Waals surface area contributed by atoms with Crippen LogP contribution >= 0.6 is 23.1 Å². The van der Waals surface area contributed by atoms with Crippen LogP contribution < -0.4 is 5.73 Å². The highest BCUT2D eigenvalue weighted by Crippen LogP contribution is 2.29. The first-order valence-corrected chi connectivity index (χ1v) is 8.12. The molecule has 0 saturated heterocycles. The number of pyridine rings is 1. The number of thioether (sulfide) groups is 1. The lowest BCUT2D eigenvalue weighted by Crippen LogP contribution is -1.89. The molecule has 0 atom stereocenters. The molecular weight excluding hydrogens is 305 g/mol. The summed E-state index contributed by atoms with van der Waals surface area (Å²) in [5.41, 5.74) is 7.75. The smallest absolute Gasteiger partial charge is 0.142 e. The van der Waals surface area contributed by atoms with Gasteiger partial charge in [0.25, 0.3) is 0 Å². The first kappa shape index (κ1) is 14.0. The van der Waals surface area contributed by atoms with E-state index in [9.17, 15) is 4.39 Å². The van der Waals surface area contributed by atoms with Crippen LogP contribution in [0.25, 0.3) is 10.7 Å². The molecule has 3 rings (SSSR count). The van der Waals surface area contributed by atoms with E-state index in [1.807, 2.05) is 23.6 Å². The molecule has 0 spiro atoms. The van der Waals surface area contributed by atoms with Crippen LogP contribution in [0.4, 0.5) is 10.1 Å². The number of rotatable bonds is 4. The molecular formula is C15H12FN3S2. The maximum atomic E-state index is 13.7. The number of aromatic nitrogens is 2. The molecule has 6 heteroatoms. The van der Waals surface area contributed by atoms with Crippen LogP contribution in [0.15, 0.2) is 52.9 Å². The highest BCUT2D eigenvalue weighted by molar-refractivity contribution is 7.98. The van der Waals surface area contributed by atoms with E-state index in [0.29, 0.717) is 16.3 Å². The SMILES string of the molecule is Nc1ccc(SCc2csc(-c3ccccn3)n2)c(F)c1. The molecule has 0 saturated carbocycles. The molecule has 3 nitrogen and oxygen atoms in total. The normalized spacial score (nSPS) is 10.7. The van der Waals surface area contributed by atoms with Crippen molar-refractivity contribution in [2.75, 3.05) is 5.73 Å². The molecule has 0 aliphatic carbocycles. The van der Waals surface area contributed by atoms with Crippen LogP contribution in [0.5, 0.6) is 0 Å². The van der Waals surface area contributed by atoms with Gasteiger partial charge >= 0.3 is 0 Å². The van der Waals surface area contributed by atoms with Gasteiger partial charge in [-0.1, -0.05) is 6.07 Å². The fourth-order valence-electron chi connectivity index (χ4n) is 1.77. The van der Waals surface area contributed by atoms with Crippen LogP contribution in [0.3, 0.4) is 0 Å². The number of thiazole rings is 1. The number of nitrogens with zero attached hydrogens (tertiary/aromatic N) is 2. The van der Waals surface area contributed by atoms with Gasteiger partial charge in [-0.15, -0.1) is 23.1 Å². The van der Waals surface area contributed by atoms with E-state index in [-0.39, 0.29) is 5.82 Å². The topological polar surface area (TPSA) is 51.8 Å². The zero-order chi connectivity index (χ0) is 14.7. The first-order valence-electron chi connectivity index (χ1n) is 6.26. The molecule has 2 heterocycles. The van der Waals surface area contributed by atoms with Gasteiger partial charge in [0, 0.05) is 27.9 Å². The van der Waals surface area contributed by atoms with Gasteiger partial charge in [0.05, 0.1) is 11.4 Å². The Kier molecular flexibility index (Phi) is 4.17. The van der Waals surface area contributed by atoms with E-state index >= 15 is 0 Å². The van der Waals surface area contributed by atoms with Gasteiger partial charge in [-0.25, -0.2) is 9.37 Å². The van der Waals surface area contributed by atoms with E-state index in [4.69, 9.17) is 5.73 Å². The van der Waals surface area contributed by atoms with Gasteiger partial charge < -0.3 is 5.73 Å². The molecule has 2 aromatic heterocycles. The van der Waals surface area contributed by atoms with Crippen molar-refractivity contribution in [3.05, 3.63) is 59.5 Å². The molecule has 0 unspecified atom stereocenters. The van der Waals surface area contributed by atoms with Gasteiger partial charge in [-0.05, 0) is 30.3 Å². The molecule has 0 aliphatic rings. The van der Waals surface area contributed by atoms with Gasteiger partial charge in [-0.2, -0.15) is 0 Å². The Morgan fingerprint density at radius 1 is 1.24 bits per heavy atom. The average Bonchev–Trinajstić information content (AvgIpc) is 2.96. The van der Waals surface area contributed by atoms with Crippen molar-refractivity contribution in [1.29, 1.82) is 0 Å². The minimum atomic E-state index is -0.292. The Balaban J connectivity index is 1.70. The summed E-state index contributed by atoms with van der Waals surface area (Å²) in [6.45, 7) is 0. The molecule has 0 bridgehead atoms. The Hall–Kier alpha value is -1.92. The van der Waals surface area contributed by atoms with Crippen LogP contribution in [0.2, 0.25) is 0 Å². The number of benzene rings is 1. The van der Waals surface area contributed by atoms with Crippen molar-refractivity contribution in [3.63, 3.8) is 0 Å². The predicted molar refractivity (Wildman–Crippen MR) is 85.7 cm³/mol. The largest absolute Gasteiger partial charge is 0.399 e. The summed E-state index contributed by atoms with van der Waals surface area (Å²) < 4.78 is 13.7. The number of hydrogen-bond acceptors (Lipinski definition) is 5. The molecule has 3 aromatic rings. The second-order valence-corrected chi connectivity index (χ2v) is 6.21. The Labute approximate surface area is 130 Å². The number of nitrogens with two attached hydrogens (primary N) is 1. The van der Waals surface area contributed by atoms with Gasteiger partial charge in [0.15, 0.2) is 0 Å². The molecule has 2 N–H and O–H groups in total. The average molecular weight is 317 g/mol. The highest BCUT2D eigenvalue weighted by Gasteiger charge is 2.08. The number of hydrogen-bond donors (Lipinski definition) is 1. The monoisotopic (exact) mass is 317 g/mol. The minimum Gasteiger partial charge on any atom is -0.399 e. The number of anilines is 1. The lowest BCUT2D eigenvalue weighted by Gasteiger charge is -2.02. The zero-order valence-corrected chi connectivity index (χ0v) is 12.6. The van der Waals surface area contributed by atoms with Crippen LogP contribution in [-0.2, 0) is 5.75 Å². The maximum absolute atomic E-state index is 13.7. The second kappa shape index (κ2) is 6.24. The van der Waals surface area contributed by atoms with Crippen molar-refractivity contribution in [1.82, 2.24) is 9.97 Å². The third kappa shape index (κ3) is 3.40. The van der Waals surface area contributed by atoms with Gasteiger partial charge in [-0.3, -0.25) is 4.98 Å². The van der Waals surface area contributed by atoms with Crippen LogP contribution in [0.1, 0.15) is 5.69 Å². The summed E-state index contributed by atoms with van der Waals surface area (Å²) in [5, 5.41) is 2.86. The Morgan fingerprint density at radius 2 is 2.14 bits per heavy atom. The molecule has 1 aromatic carbocycles. The maximum Gasteiger partial charge on any atom is 0.142 e. The van der Waals surface area contributed by atoms with E-state index in [1.54, 1.807) is 29.7 Å². The van der Waals surface area contributed by atoms with Crippen LogP contribution in [-0.4, -0.2) is 9.97 Å². The number of nitrogen functional groups attached to an aromatic ring is 1. The zero-order valence-electron chi connectivity index (χ0n) is 11.0. The highest BCUT2D eigenvalue weighted by atomic mass is 32.2. The van der Waals surface area contributed by atoms with E-state index < -0.39 is 0 Å². The van der Waals surface area contributed by atoms with E-state index in [2.05, 4.69) is 9.97 Å². The summed E-state index contributed by atoms with van der Waals surface area (Å²) in [4.78, 5) is 9.38. The Morgan fingerprint density at radius 3 is 2.90 bits per heavy atom. The van der Waals surface area contributed by atoms with Gasteiger partial charge in [0.1, 0.15) is 10.8 Å². The fourth-order valence-corrected chi connectivity index (χ4v) is 3.48. The van der Waals surface area contributed by atoms with Crippen LogP contribution in [0, 0.1) is 5.82 Å². The second-order valence-electron chi connectivity index (χ2n) is 4.34. The number of halogens is 1. The van der Waals surface area contributed by atoms with Crippen molar-refractivity contribution in [3.8, 4) is 10.7 Å². The van der Waals surface area contributed by atoms with Crippen molar-refractivity contribution in [2.45, 2.75) is 10.6 Å². The Bertz CT molecular complexity index is 744. The van der Waals surface area contributed by atoms with Gasteiger partial charge in [0.2, 0.25) is 0 Å². The predicted octanol–water partition coefficient (Wildman–Crippen LogP) is 4.22. The lowest BCUT2D eigenvalue weighted by atomic mass is 10.3. The summed E-state index contributed by atoms with van der Waals surface area (Å²) >= 11 is 2.95. The third-order valence-electron chi connectivity index (χ3n) is 2.77. The summed E-state index contributed by atoms with van der Waals surface area (Å²) in [6.07, 6.45) is 1.74. The van der Waals surface area contributed by atoms with Crippen molar-refractivity contribution in [2.24, 2.45) is 0 Å². The summed E-state index contributed by atoms with van der Waals surface area (Å²) in [5.74, 6) is 0.324. The van der Waals surface area contributed by atoms with Crippen molar-refractivity contribution < 1.29 is 4.39 Å². The molecule has 106 valence electrons. The lowest BCUT2D eigenvalue weighted by molar-refractivity contribution is 0.602. The summed E-state index contributed by atoms with van der Waals surface area (Å²) in [7, 11) is 0. The van der Waals surface area contributed by atoms with E-state index in [1.165, 1.54) is 17.8 Å². The molecule has 21 heavy (non-hydrogen) atoms. The summed E-state index contributed by atoms with van der Waals surface area (Å²) in [6, 6.07) is 10.5. The van der Waals surface area contributed by atoms with Crippen molar-refractivity contribution >= 4 is 28.8 Å². The molecule has 0 radical (unpaired) electrons.